The molecule has 0 aliphatic carbocycles. The molecule has 0 saturated heterocycles. The van der Waals surface area contributed by atoms with Crippen LogP contribution in [0.3, 0.4) is 0 Å². The molecule has 0 aromatic heterocycles. The van der Waals surface area contributed by atoms with Gasteiger partial charge in [-0.2, -0.15) is 0 Å². The van der Waals surface area contributed by atoms with Crippen molar-refractivity contribution in [3.05, 3.63) is 0 Å². The molecule has 0 aliphatic rings. The lowest BCUT2D eigenvalue weighted by Crippen LogP contribution is -2.25. The van der Waals surface area contributed by atoms with Crippen LogP contribution in [0.15, 0.2) is 0 Å². The number of aliphatic hydroxyl groups is 1. The molecule has 0 amide bonds. The van der Waals surface area contributed by atoms with Gasteiger partial charge in [0.1, 0.15) is 0 Å². The Balaban J connectivity index is 3.31. The van der Waals surface area contributed by atoms with Crippen LogP contribution in [0.2, 0.25) is 0 Å². The van der Waals surface area contributed by atoms with Crippen molar-refractivity contribution in [1.29, 1.82) is 0 Å². The van der Waals surface area contributed by atoms with Crippen LogP contribution in [0.1, 0.15) is 40.0 Å². The molecule has 0 aromatic carbocycles. The van der Waals surface area contributed by atoms with Gasteiger partial charge in [-0.3, -0.25) is 0 Å². The van der Waals surface area contributed by atoms with Crippen LogP contribution in [0.4, 0.5) is 0 Å². The lowest BCUT2D eigenvalue weighted by Gasteiger charge is -2.19. The Kier molecular flexibility index (Phi) is 7.29. The second kappa shape index (κ2) is 7.34. The van der Waals surface area contributed by atoms with Gasteiger partial charge in [0.25, 0.3) is 0 Å². The van der Waals surface area contributed by atoms with E-state index in [1.807, 2.05) is 6.92 Å². The number of hydrogen-bond donors (Lipinski definition) is 1. The summed E-state index contributed by atoms with van der Waals surface area (Å²) in [5, 5.41) is 9.33. The summed E-state index contributed by atoms with van der Waals surface area (Å²) in [5.41, 5.74) is 0. The topological polar surface area (TPSA) is 23.5 Å². The summed E-state index contributed by atoms with van der Waals surface area (Å²) in [5.74, 6) is 0.737. The third-order valence-corrected chi connectivity index (χ3v) is 2.23. The molecular formula is C11H25NO. The SMILES string of the molecule is CCC(O)CCCN(C)CC(C)C. The highest BCUT2D eigenvalue weighted by Gasteiger charge is 2.03. The summed E-state index contributed by atoms with van der Waals surface area (Å²) in [7, 11) is 2.15. The molecule has 0 saturated carbocycles. The minimum Gasteiger partial charge on any atom is -0.393 e. The van der Waals surface area contributed by atoms with Crippen molar-refractivity contribution in [2.24, 2.45) is 5.92 Å². The van der Waals surface area contributed by atoms with Crippen molar-refractivity contribution in [1.82, 2.24) is 4.90 Å². The summed E-state index contributed by atoms with van der Waals surface area (Å²) >= 11 is 0. The number of rotatable bonds is 7. The smallest absolute Gasteiger partial charge is 0.0538 e. The monoisotopic (exact) mass is 187 g/mol. The third kappa shape index (κ3) is 8.26. The molecule has 0 spiro atoms. The predicted octanol–water partition coefficient (Wildman–Crippen LogP) is 2.13. The molecule has 80 valence electrons. The summed E-state index contributed by atoms with van der Waals surface area (Å²) in [6.45, 7) is 8.76. The van der Waals surface area contributed by atoms with E-state index >= 15 is 0 Å². The normalized spacial score (nSPS) is 14.1. The Morgan fingerprint density at radius 1 is 1.31 bits per heavy atom. The molecule has 0 fully saturated rings. The molecule has 0 bridgehead atoms. The van der Waals surface area contributed by atoms with Crippen LogP contribution in [0.25, 0.3) is 0 Å². The Hall–Kier alpha value is -0.0800. The van der Waals surface area contributed by atoms with E-state index in [4.69, 9.17) is 0 Å². The summed E-state index contributed by atoms with van der Waals surface area (Å²) in [6.07, 6.45) is 2.85. The maximum Gasteiger partial charge on any atom is 0.0538 e. The fraction of sp³-hybridized carbons (Fsp3) is 1.00. The van der Waals surface area contributed by atoms with E-state index in [0.717, 1.165) is 38.3 Å². The lowest BCUT2D eigenvalue weighted by molar-refractivity contribution is 0.151. The number of hydrogen-bond acceptors (Lipinski definition) is 2. The molecule has 0 aromatic rings. The molecule has 2 nitrogen and oxygen atoms in total. The highest BCUT2D eigenvalue weighted by Crippen LogP contribution is 2.03. The average molecular weight is 187 g/mol. The van der Waals surface area contributed by atoms with Gasteiger partial charge in [-0.1, -0.05) is 20.8 Å². The minimum absolute atomic E-state index is 0.0903. The number of nitrogens with zero attached hydrogens (tertiary/aromatic N) is 1. The standard InChI is InChI=1S/C11H25NO/c1-5-11(13)7-6-8-12(4)9-10(2)3/h10-11,13H,5-9H2,1-4H3. The van der Waals surface area contributed by atoms with Crippen molar-refractivity contribution in [3.8, 4) is 0 Å². The van der Waals surface area contributed by atoms with Crippen LogP contribution >= 0.6 is 0 Å². The first-order valence-electron chi connectivity index (χ1n) is 5.42. The van der Waals surface area contributed by atoms with Gasteiger partial charge < -0.3 is 10.0 Å². The van der Waals surface area contributed by atoms with Crippen LogP contribution in [0.5, 0.6) is 0 Å². The zero-order valence-electron chi connectivity index (χ0n) is 9.58. The largest absolute Gasteiger partial charge is 0.393 e. The predicted molar refractivity (Wildman–Crippen MR) is 57.9 cm³/mol. The molecule has 2 heteroatoms. The van der Waals surface area contributed by atoms with E-state index < -0.39 is 0 Å². The van der Waals surface area contributed by atoms with Crippen molar-refractivity contribution in [2.45, 2.75) is 46.1 Å². The van der Waals surface area contributed by atoms with Crippen molar-refractivity contribution >= 4 is 0 Å². The fourth-order valence-corrected chi connectivity index (χ4v) is 1.52. The highest BCUT2D eigenvalue weighted by atomic mass is 16.3. The average Bonchev–Trinajstić information content (AvgIpc) is 2.02. The Labute approximate surface area is 82.9 Å². The van der Waals surface area contributed by atoms with Gasteiger partial charge in [0.05, 0.1) is 6.10 Å². The highest BCUT2D eigenvalue weighted by molar-refractivity contribution is 4.58. The molecule has 0 aliphatic heterocycles. The van der Waals surface area contributed by atoms with Crippen LogP contribution < -0.4 is 0 Å². The van der Waals surface area contributed by atoms with Crippen LogP contribution in [-0.2, 0) is 0 Å². The molecule has 1 N–H and O–H groups in total. The maximum absolute atomic E-state index is 9.33. The van der Waals surface area contributed by atoms with E-state index in [2.05, 4.69) is 25.8 Å². The second-order valence-corrected chi connectivity index (χ2v) is 4.36. The van der Waals surface area contributed by atoms with Crippen molar-refractivity contribution < 1.29 is 5.11 Å². The zero-order valence-corrected chi connectivity index (χ0v) is 9.58. The summed E-state index contributed by atoms with van der Waals surface area (Å²) in [6, 6.07) is 0. The maximum atomic E-state index is 9.33. The molecular weight excluding hydrogens is 162 g/mol. The van der Waals surface area contributed by atoms with E-state index in [0.29, 0.717) is 0 Å². The zero-order chi connectivity index (χ0) is 10.3. The van der Waals surface area contributed by atoms with Crippen LogP contribution in [0, 0.1) is 5.92 Å². The van der Waals surface area contributed by atoms with Gasteiger partial charge in [-0.05, 0) is 38.8 Å². The molecule has 0 rings (SSSR count). The molecule has 13 heavy (non-hydrogen) atoms. The van der Waals surface area contributed by atoms with Gasteiger partial charge in [-0.25, -0.2) is 0 Å². The van der Waals surface area contributed by atoms with E-state index in [-0.39, 0.29) is 6.10 Å². The first-order valence-corrected chi connectivity index (χ1v) is 5.42. The fourth-order valence-electron chi connectivity index (χ4n) is 1.52. The first-order chi connectivity index (χ1) is 6.06. The first kappa shape index (κ1) is 12.9. The lowest BCUT2D eigenvalue weighted by atomic mass is 10.1. The molecule has 0 radical (unpaired) electrons. The second-order valence-electron chi connectivity index (χ2n) is 4.36. The van der Waals surface area contributed by atoms with E-state index in [1.165, 1.54) is 0 Å². The van der Waals surface area contributed by atoms with Crippen molar-refractivity contribution in [2.75, 3.05) is 20.1 Å². The third-order valence-electron chi connectivity index (χ3n) is 2.23. The van der Waals surface area contributed by atoms with Gasteiger partial charge in [-0.15, -0.1) is 0 Å². The van der Waals surface area contributed by atoms with E-state index in [9.17, 15) is 5.11 Å². The van der Waals surface area contributed by atoms with Gasteiger partial charge in [0.2, 0.25) is 0 Å². The summed E-state index contributed by atoms with van der Waals surface area (Å²) < 4.78 is 0. The molecule has 0 heterocycles. The molecule has 1 atom stereocenters. The quantitative estimate of drug-likeness (QED) is 0.660. The van der Waals surface area contributed by atoms with Crippen molar-refractivity contribution in [3.63, 3.8) is 0 Å². The van der Waals surface area contributed by atoms with Gasteiger partial charge in [0.15, 0.2) is 0 Å². The Morgan fingerprint density at radius 2 is 1.92 bits per heavy atom. The summed E-state index contributed by atoms with van der Waals surface area (Å²) in [4.78, 5) is 2.34. The Bertz CT molecular complexity index is 115. The molecule has 1 unspecified atom stereocenters. The number of aliphatic hydroxyl groups excluding tert-OH is 1. The van der Waals surface area contributed by atoms with E-state index in [1.54, 1.807) is 0 Å². The van der Waals surface area contributed by atoms with Crippen LogP contribution in [-0.4, -0.2) is 36.2 Å². The Morgan fingerprint density at radius 3 is 2.38 bits per heavy atom. The van der Waals surface area contributed by atoms with Gasteiger partial charge in [0, 0.05) is 6.54 Å². The minimum atomic E-state index is -0.0903. The van der Waals surface area contributed by atoms with Gasteiger partial charge >= 0.3 is 0 Å².